The van der Waals surface area contributed by atoms with Gasteiger partial charge in [-0.3, -0.25) is 4.79 Å². The third-order valence-corrected chi connectivity index (χ3v) is 4.20. The van der Waals surface area contributed by atoms with E-state index in [1.165, 1.54) is 24.3 Å². The standard InChI is InChI=1S/C18H12ClF3O3/c1-2-9-7-11-14(8-13(9)23)25-17(18(20,21)22)15(16(11)24)10-5-3-4-6-12(10)19/h3-8,23H,2H2,1H3. The van der Waals surface area contributed by atoms with Gasteiger partial charge in [0.05, 0.1) is 10.9 Å². The molecule has 0 aliphatic rings. The van der Waals surface area contributed by atoms with Crippen LogP contribution in [0.3, 0.4) is 0 Å². The van der Waals surface area contributed by atoms with Gasteiger partial charge in [0.25, 0.3) is 0 Å². The zero-order valence-electron chi connectivity index (χ0n) is 12.9. The fraction of sp³-hybridized carbons (Fsp3) is 0.167. The molecule has 3 aromatic rings. The molecule has 0 atom stereocenters. The Morgan fingerprint density at radius 2 is 1.88 bits per heavy atom. The summed E-state index contributed by atoms with van der Waals surface area (Å²) in [5.74, 6) is -1.67. The minimum absolute atomic E-state index is 0.00847. The van der Waals surface area contributed by atoms with Crippen molar-refractivity contribution >= 4 is 22.6 Å². The fourth-order valence-corrected chi connectivity index (χ4v) is 2.90. The normalized spacial score (nSPS) is 11.9. The lowest BCUT2D eigenvalue weighted by Crippen LogP contribution is -2.16. The van der Waals surface area contributed by atoms with E-state index in [-0.39, 0.29) is 27.3 Å². The van der Waals surface area contributed by atoms with Crippen molar-refractivity contribution in [1.82, 2.24) is 0 Å². The number of fused-ring (bicyclic) bond motifs is 1. The number of halogens is 4. The SMILES string of the molecule is CCc1cc2c(=O)c(-c3ccccc3Cl)c(C(F)(F)F)oc2cc1O. The van der Waals surface area contributed by atoms with Crippen LogP contribution in [0, 0.1) is 0 Å². The molecule has 1 N–H and O–H groups in total. The van der Waals surface area contributed by atoms with E-state index in [4.69, 9.17) is 16.0 Å². The maximum Gasteiger partial charge on any atom is 0.450 e. The third-order valence-electron chi connectivity index (χ3n) is 3.87. The first-order valence-electron chi connectivity index (χ1n) is 7.38. The monoisotopic (exact) mass is 368 g/mol. The first kappa shape index (κ1) is 17.4. The largest absolute Gasteiger partial charge is 0.508 e. The lowest BCUT2D eigenvalue weighted by Gasteiger charge is -2.14. The fourth-order valence-electron chi connectivity index (χ4n) is 2.67. The van der Waals surface area contributed by atoms with E-state index in [0.29, 0.717) is 12.0 Å². The molecule has 0 radical (unpaired) electrons. The summed E-state index contributed by atoms with van der Waals surface area (Å²) in [6.07, 6.45) is -4.50. The summed E-state index contributed by atoms with van der Waals surface area (Å²) in [4.78, 5) is 12.8. The van der Waals surface area contributed by atoms with Crippen LogP contribution in [0.25, 0.3) is 22.1 Å². The summed E-state index contributed by atoms with van der Waals surface area (Å²) in [7, 11) is 0. The number of phenolic OH excluding ortho intramolecular Hbond substituents is 1. The summed E-state index contributed by atoms with van der Waals surface area (Å²) in [5.41, 5.74) is -1.44. The van der Waals surface area contributed by atoms with Crippen LogP contribution in [-0.4, -0.2) is 5.11 Å². The van der Waals surface area contributed by atoms with Crippen LogP contribution in [0.15, 0.2) is 45.6 Å². The molecule has 1 heterocycles. The Labute approximate surface area is 145 Å². The van der Waals surface area contributed by atoms with Gasteiger partial charge in [0, 0.05) is 16.7 Å². The number of benzene rings is 2. The molecular formula is C18H12ClF3O3. The Hall–Kier alpha value is -2.47. The Morgan fingerprint density at radius 3 is 2.48 bits per heavy atom. The van der Waals surface area contributed by atoms with E-state index in [1.807, 2.05) is 0 Å². The molecule has 25 heavy (non-hydrogen) atoms. The van der Waals surface area contributed by atoms with Crippen LogP contribution in [0.1, 0.15) is 18.2 Å². The van der Waals surface area contributed by atoms with Crippen molar-refractivity contribution in [3.8, 4) is 16.9 Å². The molecule has 0 aliphatic heterocycles. The van der Waals surface area contributed by atoms with E-state index >= 15 is 0 Å². The van der Waals surface area contributed by atoms with Crippen LogP contribution in [0.2, 0.25) is 5.02 Å². The lowest BCUT2D eigenvalue weighted by atomic mass is 10.00. The molecule has 1 aromatic heterocycles. The molecular weight excluding hydrogens is 357 g/mol. The molecule has 0 bridgehead atoms. The second-order valence-corrected chi connectivity index (χ2v) is 5.85. The molecule has 0 aliphatic carbocycles. The summed E-state index contributed by atoms with van der Waals surface area (Å²) >= 11 is 6.00. The number of aromatic hydroxyl groups is 1. The minimum Gasteiger partial charge on any atom is -0.508 e. The van der Waals surface area contributed by atoms with Gasteiger partial charge in [-0.15, -0.1) is 0 Å². The second-order valence-electron chi connectivity index (χ2n) is 5.44. The average molecular weight is 369 g/mol. The Bertz CT molecular complexity index is 1020. The smallest absolute Gasteiger partial charge is 0.450 e. The summed E-state index contributed by atoms with van der Waals surface area (Å²) < 4.78 is 45.4. The van der Waals surface area contributed by atoms with Gasteiger partial charge in [0.15, 0.2) is 0 Å². The van der Waals surface area contributed by atoms with Crippen LogP contribution in [-0.2, 0) is 12.6 Å². The van der Waals surface area contributed by atoms with Gasteiger partial charge in [-0.1, -0.05) is 36.7 Å². The number of phenols is 1. The zero-order valence-corrected chi connectivity index (χ0v) is 13.7. The number of hydrogen-bond donors (Lipinski definition) is 1. The highest BCUT2D eigenvalue weighted by molar-refractivity contribution is 6.33. The maximum absolute atomic E-state index is 13.5. The van der Waals surface area contributed by atoms with Crippen LogP contribution in [0.4, 0.5) is 13.2 Å². The van der Waals surface area contributed by atoms with Gasteiger partial charge in [-0.25, -0.2) is 0 Å². The summed E-state index contributed by atoms with van der Waals surface area (Å²) in [6.45, 7) is 1.75. The van der Waals surface area contributed by atoms with Crippen molar-refractivity contribution < 1.29 is 22.7 Å². The molecule has 0 saturated carbocycles. The highest BCUT2D eigenvalue weighted by Gasteiger charge is 2.39. The Kier molecular flexibility index (Phi) is 4.24. The second kappa shape index (κ2) is 6.11. The van der Waals surface area contributed by atoms with Crippen LogP contribution < -0.4 is 5.43 Å². The van der Waals surface area contributed by atoms with Crippen molar-refractivity contribution in [2.45, 2.75) is 19.5 Å². The van der Waals surface area contributed by atoms with E-state index in [2.05, 4.69) is 0 Å². The van der Waals surface area contributed by atoms with E-state index in [9.17, 15) is 23.1 Å². The molecule has 7 heteroatoms. The zero-order chi connectivity index (χ0) is 18.4. The molecule has 130 valence electrons. The van der Waals surface area contributed by atoms with Gasteiger partial charge in [0.1, 0.15) is 11.3 Å². The van der Waals surface area contributed by atoms with Gasteiger partial charge >= 0.3 is 6.18 Å². The summed E-state index contributed by atoms with van der Waals surface area (Å²) in [6, 6.07) is 8.14. The van der Waals surface area contributed by atoms with Crippen LogP contribution in [0.5, 0.6) is 5.75 Å². The topological polar surface area (TPSA) is 50.4 Å². The maximum atomic E-state index is 13.5. The first-order chi connectivity index (χ1) is 11.7. The first-order valence-corrected chi connectivity index (χ1v) is 7.76. The molecule has 0 amide bonds. The van der Waals surface area contributed by atoms with E-state index < -0.39 is 22.9 Å². The van der Waals surface area contributed by atoms with Gasteiger partial charge < -0.3 is 9.52 Å². The molecule has 0 spiro atoms. The molecule has 0 unspecified atom stereocenters. The van der Waals surface area contributed by atoms with Crippen LogP contribution >= 0.6 is 11.6 Å². The van der Waals surface area contributed by atoms with Crippen molar-refractivity contribution in [2.75, 3.05) is 0 Å². The Balaban J connectivity index is 2.49. The number of aryl methyl sites for hydroxylation is 1. The molecule has 3 nitrogen and oxygen atoms in total. The lowest BCUT2D eigenvalue weighted by molar-refractivity contribution is -0.152. The number of rotatable bonds is 2. The molecule has 2 aromatic carbocycles. The van der Waals surface area contributed by atoms with E-state index in [0.717, 1.165) is 6.07 Å². The number of alkyl halides is 3. The Morgan fingerprint density at radius 1 is 1.20 bits per heavy atom. The van der Waals surface area contributed by atoms with Gasteiger partial charge in [0.2, 0.25) is 11.2 Å². The van der Waals surface area contributed by atoms with Crippen molar-refractivity contribution in [1.29, 1.82) is 0 Å². The highest BCUT2D eigenvalue weighted by atomic mass is 35.5. The molecule has 0 saturated heterocycles. The average Bonchev–Trinajstić information content (AvgIpc) is 2.54. The van der Waals surface area contributed by atoms with Crippen molar-refractivity contribution in [3.05, 3.63) is 63.0 Å². The van der Waals surface area contributed by atoms with Crippen molar-refractivity contribution in [2.24, 2.45) is 0 Å². The number of hydrogen-bond acceptors (Lipinski definition) is 3. The summed E-state index contributed by atoms with van der Waals surface area (Å²) in [5, 5.41) is 9.82. The minimum atomic E-state index is -4.90. The molecule has 3 rings (SSSR count). The quantitative estimate of drug-likeness (QED) is 0.658. The van der Waals surface area contributed by atoms with E-state index in [1.54, 1.807) is 13.0 Å². The van der Waals surface area contributed by atoms with Gasteiger partial charge in [-0.05, 0) is 24.1 Å². The highest BCUT2D eigenvalue weighted by Crippen LogP contribution is 2.40. The van der Waals surface area contributed by atoms with Crippen molar-refractivity contribution in [3.63, 3.8) is 0 Å². The molecule has 0 fully saturated rings. The third kappa shape index (κ3) is 2.98. The predicted molar refractivity (Wildman–Crippen MR) is 89.0 cm³/mol. The predicted octanol–water partition coefficient (Wildman–Crippen LogP) is 5.40. The van der Waals surface area contributed by atoms with Gasteiger partial charge in [-0.2, -0.15) is 13.2 Å².